The molecule has 0 fully saturated rings. The average molecular weight is 446 g/mol. The number of nitro groups is 1. The molecule has 1 atom stereocenters. The number of urea groups is 1. The van der Waals surface area contributed by atoms with Crippen molar-refractivity contribution in [1.82, 2.24) is 5.32 Å². The molecule has 2 aliphatic rings. The molecule has 11 heteroatoms. The molecule has 0 radical (unpaired) electrons. The Morgan fingerprint density at radius 2 is 2.00 bits per heavy atom. The maximum absolute atomic E-state index is 13.0. The predicted molar refractivity (Wildman–Crippen MR) is 109 cm³/mol. The van der Waals surface area contributed by atoms with Crippen molar-refractivity contribution in [1.29, 1.82) is 0 Å². The molecule has 0 saturated heterocycles. The summed E-state index contributed by atoms with van der Waals surface area (Å²) >= 11 is 5.90. The van der Waals surface area contributed by atoms with E-state index in [9.17, 15) is 19.7 Å². The average Bonchev–Trinajstić information content (AvgIpc) is 3.21. The number of benzene rings is 2. The van der Waals surface area contributed by atoms with E-state index in [-0.39, 0.29) is 23.1 Å². The fourth-order valence-corrected chi connectivity index (χ4v) is 3.74. The van der Waals surface area contributed by atoms with Crippen LogP contribution < -0.4 is 19.7 Å². The first-order valence-corrected chi connectivity index (χ1v) is 9.42. The minimum absolute atomic E-state index is 0.0572. The zero-order chi connectivity index (χ0) is 22.3. The zero-order valence-electron chi connectivity index (χ0n) is 16.4. The van der Waals surface area contributed by atoms with Crippen LogP contribution in [0, 0.1) is 10.1 Å². The highest BCUT2D eigenvalue weighted by Gasteiger charge is 2.38. The Kier molecular flexibility index (Phi) is 5.15. The monoisotopic (exact) mass is 445 g/mol. The minimum Gasteiger partial charge on any atom is -0.466 e. The van der Waals surface area contributed by atoms with E-state index >= 15 is 0 Å². The van der Waals surface area contributed by atoms with Gasteiger partial charge in [0, 0.05) is 17.8 Å². The fraction of sp³-hybridized carbons (Fsp3) is 0.200. The molecule has 0 spiro atoms. The number of rotatable bonds is 4. The van der Waals surface area contributed by atoms with Gasteiger partial charge in [-0.1, -0.05) is 17.7 Å². The number of allylic oxidation sites excluding steroid dienone is 1. The molecule has 2 aliphatic heterocycles. The Balaban J connectivity index is 1.83. The largest absolute Gasteiger partial charge is 0.466 e. The second kappa shape index (κ2) is 7.80. The van der Waals surface area contributed by atoms with Crippen LogP contribution in [0.1, 0.15) is 18.5 Å². The van der Waals surface area contributed by atoms with Gasteiger partial charge in [-0.3, -0.25) is 15.0 Å². The van der Waals surface area contributed by atoms with Gasteiger partial charge in [0.15, 0.2) is 11.5 Å². The summed E-state index contributed by atoms with van der Waals surface area (Å²) in [5, 5.41) is 14.0. The maximum atomic E-state index is 13.0. The molecule has 0 aliphatic carbocycles. The number of nitrogens with one attached hydrogen (secondary N) is 1. The van der Waals surface area contributed by atoms with Gasteiger partial charge in [0.25, 0.3) is 5.69 Å². The number of carbonyl (C=O) groups excluding carboxylic acids is 2. The molecule has 2 aromatic carbocycles. The standard InChI is InChI=1S/C20H16ClN3O7/c1-10-17(19(25)29-2)18(11-3-5-13(21)14(7-11)24(27)28)22-20(26)23(10)12-4-6-15-16(8-12)31-9-30-15/h3-8,18H,9H2,1-2H3,(H,22,26)/t18-/m0/s1. The molecule has 31 heavy (non-hydrogen) atoms. The normalized spacial score (nSPS) is 17.5. The lowest BCUT2D eigenvalue weighted by molar-refractivity contribution is -0.384. The molecule has 2 heterocycles. The van der Waals surface area contributed by atoms with E-state index in [4.69, 9.17) is 25.8 Å². The van der Waals surface area contributed by atoms with E-state index in [0.29, 0.717) is 28.4 Å². The Bertz CT molecular complexity index is 1150. The van der Waals surface area contributed by atoms with Crippen LogP contribution in [0.5, 0.6) is 11.5 Å². The first-order chi connectivity index (χ1) is 14.8. The molecule has 2 amide bonds. The van der Waals surface area contributed by atoms with Crippen molar-refractivity contribution in [3.8, 4) is 11.5 Å². The quantitative estimate of drug-likeness (QED) is 0.432. The van der Waals surface area contributed by atoms with Crippen molar-refractivity contribution >= 4 is 35.0 Å². The third-order valence-corrected chi connectivity index (χ3v) is 5.32. The summed E-state index contributed by atoms with van der Waals surface area (Å²) < 4.78 is 15.6. The number of amides is 2. The number of hydrogen-bond donors (Lipinski definition) is 1. The number of anilines is 1. The molecule has 10 nitrogen and oxygen atoms in total. The molecular weight excluding hydrogens is 430 g/mol. The highest BCUT2D eigenvalue weighted by Crippen LogP contribution is 2.40. The summed E-state index contributed by atoms with van der Waals surface area (Å²) in [4.78, 5) is 37.6. The smallest absolute Gasteiger partial charge is 0.337 e. The van der Waals surface area contributed by atoms with Crippen LogP contribution in [0.3, 0.4) is 0 Å². The molecule has 0 saturated carbocycles. The van der Waals surface area contributed by atoms with Crippen LogP contribution in [-0.4, -0.2) is 30.8 Å². The molecule has 2 aromatic rings. The summed E-state index contributed by atoms with van der Waals surface area (Å²) in [7, 11) is 1.21. The summed E-state index contributed by atoms with van der Waals surface area (Å²) in [6.07, 6.45) is 0. The lowest BCUT2D eigenvalue weighted by Gasteiger charge is -2.35. The topological polar surface area (TPSA) is 120 Å². The molecule has 4 rings (SSSR count). The van der Waals surface area contributed by atoms with E-state index in [2.05, 4.69) is 5.32 Å². The van der Waals surface area contributed by atoms with E-state index in [0.717, 1.165) is 0 Å². The van der Waals surface area contributed by atoms with Crippen LogP contribution in [0.15, 0.2) is 47.7 Å². The lowest BCUT2D eigenvalue weighted by Crippen LogP contribution is -2.48. The van der Waals surface area contributed by atoms with Gasteiger partial charge in [0.1, 0.15) is 5.02 Å². The third-order valence-electron chi connectivity index (χ3n) is 5.00. The fourth-order valence-electron chi connectivity index (χ4n) is 3.55. The molecule has 0 bridgehead atoms. The summed E-state index contributed by atoms with van der Waals surface area (Å²) in [6, 6.07) is 7.49. The van der Waals surface area contributed by atoms with Crippen molar-refractivity contribution in [2.45, 2.75) is 13.0 Å². The van der Waals surface area contributed by atoms with E-state index in [1.807, 2.05) is 0 Å². The van der Waals surface area contributed by atoms with Crippen molar-refractivity contribution in [3.05, 3.63) is 68.4 Å². The van der Waals surface area contributed by atoms with Gasteiger partial charge in [-0.05, 0) is 30.7 Å². The zero-order valence-corrected chi connectivity index (χ0v) is 17.1. The maximum Gasteiger partial charge on any atom is 0.337 e. The Morgan fingerprint density at radius 1 is 1.26 bits per heavy atom. The number of nitrogens with zero attached hydrogens (tertiary/aromatic N) is 2. The van der Waals surface area contributed by atoms with Crippen LogP contribution in [-0.2, 0) is 9.53 Å². The van der Waals surface area contributed by atoms with Crippen molar-refractivity contribution in [3.63, 3.8) is 0 Å². The van der Waals surface area contributed by atoms with Gasteiger partial charge in [0.2, 0.25) is 6.79 Å². The van der Waals surface area contributed by atoms with Gasteiger partial charge in [-0.2, -0.15) is 0 Å². The van der Waals surface area contributed by atoms with Crippen LogP contribution in [0.2, 0.25) is 5.02 Å². The van der Waals surface area contributed by atoms with Gasteiger partial charge in [-0.15, -0.1) is 0 Å². The van der Waals surface area contributed by atoms with Crippen molar-refractivity contribution in [2.24, 2.45) is 0 Å². The summed E-state index contributed by atoms with van der Waals surface area (Å²) in [6.45, 7) is 1.66. The molecule has 0 aromatic heterocycles. The number of methoxy groups -OCH3 is 1. The van der Waals surface area contributed by atoms with Crippen LogP contribution in [0.25, 0.3) is 0 Å². The third kappa shape index (κ3) is 3.50. The Morgan fingerprint density at radius 3 is 2.71 bits per heavy atom. The van der Waals surface area contributed by atoms with Crippen molar-refractivity contribution in [2.75, 3.05) is 18.8 Å². The van der Waals surface area contributed by atoms with E-state index in [1.54, 1.807) is 25.1 Å². The van der Waals surface area contributed by atoms with Gasteiger partial charge < -0.3 is 19.5 Å². The number of hydrogen-bond acceptors (Lipinski definition) is 7. The number of ether oxygens (including phenoxy) is 3. The first kappa shape index (κ1) is 20.5. The summed E-state index contributed by atoms with van der Waals surface area (Å²) in [5.74, 6) is 0.321. The van der Waals surface area contributed by atoms with Gasteiger partial charge >= 0.3 is 12.0 Å². The molecular formula is C20H16ClN3O7. The number of carbonyl (C=O) groups is 2. The van der Waals surface area contributed by atoms with Gasteiger partial charge in [-0.25, -0.2) is 9.59 Å². The Hall–Kier alpha value is -3.79. The molecule has 0 unspecified atom stereocenters. The minimum atomic E-state index is -0.971. The van der Waals surface area contributed by atoms with Crippen LogP contribution in [0.4, 0.5) is 16.2 Å². The Labute approximate surface area is 181 Å². The SMILES string of the molecule is COC(=O)C1=C(C)N(c2ccc3c(c2)OCO3)C(=O)N[C@H]1c1ccc(Cl)c([N+](=O)[O-])c1. The van der Waals surface area contributed by atoms with Crippen LogP contribution >= 0.6 is 11.6 Å². The lowest BCUT2D eigenvalue weighted by atomic mass is 9.94. The molecule has 1 N–H and O–H groups in total. The van der Waals surface area contributed by atoms with E-state index < -0.39 is 23.0 Å². The van der Waals surface area contributed by atoms with Gasteiger partial charge in [0.05, 0.1) is 29.3 Å². The predicted octanol–water partition coefficient (Wildman–Crippen LogP) is 3.69. The van der Waals surface area contributed by atoms with Crippen molar-refractivity contribution < 1.29 is 28.7 Å². The number of esters is 1. The van der Waals surface area contributed by atoms with E-state index in [1.165, 1.54) is 30.2 Å². The summed E-state index contributed by atoms with van der Waals surface area (Å²) in [5.41, 5.74) is 0.845. The molecule has 160 valence electrons. The highest BCUT2D eigenvalue weighted by molar-refractivity contribution is 6.32. The second-order valence-corrected chi connectivity index (χ2v) is 7.12. The highest BCUT2D eigenvalue weighted by atomic mass is 35.5. The number of nitro benzene ring substituents is 1. The first-order valence-electron chi connectivity index (χ1n) is 9.05. The second-order valence-electron chi connectivity index (χ2n) is 6.71. The number of halogens is 1. The number of fused-ring (bicyclic) bond motifs is 1.